The number of carbonyl (C=O) groups is 1. The SMILES string of the molecule is CSc1ccc(CNC(=O)NCc2cccc(N(C)C)n2)cc1. The van der Waals surface area contributed by atoms with Crippen LogP contribution < -0.4 is 15.5 Å². The van der Waals surface area contributed by atoms with E-state index in [2.05, 4.69) is 27.8 Å². The molecule has 5 nitrogen and oxygen atoms in total. The van der Waals surface area contributed by atoms with E-state index < -0.39 is 0 Å². The van der Waals surface area contributed by atoms with Crippen molar-refractivity contribution in [3.63, 3.8) is 0 Å². The third-order valence-corrected chi connectivity index (χ3v) is 4.04. The van der Waals surface area contributed by atoms with Crippen molar-refractivity contribution in [1.29, 1.82) is 0 Å². The van der Waals surface area contributed by atoms with Crippen LogP contribution in [0.5, 0.6) is 0 Å². The van der Waals surface area contributed by atoms with Crippen molar-refractivity contribution in [3.05, 3.63) is 53.7 Å². The zero-order valence-corrected chi connectivity index (χ0v) is 14.5. The summed E-state index contributed by atoms with van der Waals surface area (Å²) in [6, 6.07) is 13.7. The molecule has 0 unspecified atom stereocenters. The molecule has 0 bridgehead atoms. The summed E-state index contributed by atoms with van der Waals surface area (Å²) in [7, 11) is 3.88. The maximum atomic E-state index is 11.9. The first-order valence-corrected chi connectivity index (χ1v) is 8.59. The number of thioether (sulfide) groups is 1. The lowest BCUT2D eigenvalue weighted by Crippen LogP contribution is -2.34. The van der Waals surface area contributed by atoms with E-state index in [9.17, 15) is 4.79 Å². The molecule has 0 saturated heterocycles. The highest BCUT2D eigenvalue weighted by Crippen LogP contribution is 2.14. The van der Waals surface area contributed by atoms with Crippen LogP contribution >= 0.6 is 11.8 Å². The lowest BCUT2D eigenvalue weighted by Gasteiger charge is -2.13. The molecule has 1 heterocycles. The minimum atomic E-state index is -0.198. The van der Waals surface area contributed by atoms with Crippen molar-refractivity contribution in [1.82, 2.24) is 15.6 Å². The van der Waals surface area contributed by atoms with Gasteiger partial charge in [-0.15, -0.1) is 11.8 Å². The number of aromatic nitrogens is 1. The van der Waals surface area contributed by atoms with Gasteiger partial charge in [0.05, 0.1) is 12.2 Å². The van der Waals surface area contributed by atoms with Gasteiger partial charge in [0.25, 0.3) is 0 Å². The molecule has 23 heavy (non-hydrogen) atoms. The Labute approximate surface area is 141 Å². The largest absolute Gasteiger partial charge is 0.363 e. The summed E-state index contributed by atoms with van der Waals surface area (Å²) < 4.78 is 0. The van der Waals surface area contributed by atoms with Gasteiger partial charge >= 0.3 is 6.03 Å². The first kappa shape index (κ1) is 17.1. The fraction of sp³-hybridized carbons (Fsp3) is 0.294. The van der Waals surface area contributed by atoms with Crippen molar-refractivity contribution in [2.75, 3.05) is 25.3 Å². The molecule has 2 aromatic rings. The topological polar surface area (TPSA) is 57.3 Å². The predicted octanol–water partition coefficient (Wildman–Crippen LogP) is 2.87. The van der Waals surface area contributed by atoms with Crippen LogP contribution in [0.25, 0.3) is 0 Å². The van der Waals surface area contributed by atoms with Crippen molar-refractivity contribution >= 4 is 23.6 Å². The minimum Gasteiger partial charge on any atom is -0.363 e. The molecule has 122 valence electrons. The Bertz CT molecular complexity index is 643. The number of benzene rings is 1. The van der Waals surface area contributed by atoms with Crippen LogP contribution in [0.15, 0.2) is 47.4 Å². The highest BCUT2D eigenvalue weighted by Gasteiger charge is 2.03. The summed E-state index contributed by atoms with van der Waals surface area (Å²) in [4.78, 5) is 19.5. The summed E-state index contributed by atoms with van der Waals surface area (Å²) in [5, 5.41) is 5.67. The Morgan fingerprint density at radius 3 is 2.43 bits per heavy atom. The van der Waals surface area contributed by atoms with Crippen LogP contribution in [0.4, 0.5) is 10.6 Å². The molecule has 0 aliphatic heterocycles. The number of rotatable bonds is 6. The van der Waals surface area contributed by atoms with Gasteiger partial charge in [-0.25, -0.2) is 9.78 Å². The van der Waals surface area contributed by atoms with E-state index in [0.29, 0.717) is 13.1 Å². The highest BCUT2D eigenvalue weighted by molar-refractivity contribution is 7.98. The number of pyridine rings is 1. The van der Waals surface area contributed by atoms with Gasteiger partial charge in [-0.1, -0.05) is 18.2 Å². The number of amides is 2. The van der Waals surface area contributed by atoms with Crippen LogP contribution in [0.3, 0.4) is 0 Å². The average molecular weight is 330 g/mol. The second kappa shape index (κ2) is 8.43. The van der Waals surface area contributed by atoms with Gasteiger partial charge in [-0.3, -0.25) is 0 Å². The lowest BCUT2D eigenvalue weighted by atomic mass is 10.2. The fourth-order valence-corrected chi connectivity index (χ4v) is 2.38. The molecular weight excluding hydrogens is 308 g/mol. The summed E-state index contributed by atoms with van der Waals surface area (Å²) in [6.45, 7) is 0.907. The second-order valence-corrected chi connectivity index (χ2v) is 6.15. The van der Waals surface area contributed by atoms with Gasteiger partial charge in [0.2, 0.25) is 0 Å². The molecule has 2 N–H and O–H groups in total. The number of nitrogens with one attached hydrogen (secondary N) is 2. The van der Waals surface area contributed by atoms with Crippen LogP contribution in [0.1, 0.15) is 11.3 Å². The molecule has 0 saturated carbocycles. The molecule has 6 heteroatoms. The number of anilines is 1. The molecule has 0 radical (unpaired) electrons. The number of hydrogen-bond acceptors (Lipinski definition) is 4. The number of carbonyl (C=O) groups excluding carboxylic acids is 1. The first-order chi connectivity index (χ1) is 11.1. The quantitative estimate of drug-likeness (QED) is 0.800. The highest BCUT2D eigenvalue weighted by atomic mass is 32.2. The zero-order valence-electron chi connectivity index (χ0n) is 13.7. The summed E-state index contributed by atoms with van der Waals surface area (Å²) in [5.74, 6) is 0.874. The molecule has 0 aliphatic carbocycles. The maximum Gasteiger partial charge on any atom is 0.315 e. The van der Waals surface area contributed by atoms with Crippen LogP contribution in [-0.2, 0) is 13.1 Å². The van der Waals surface area contributed by atoms with Crippen molar-refractivity contribution in [2.24, 2.45) is 0 Å². The predicted molar refractivity (Wildman–Crippen MR) is 95.9 cm³/mol. The van der Waals surface area contributed by atoms with Gasteiger partial charge in [-0.05, 0) is 36.1 Å². The van der Waals surface area contributed by atoms with Crippen molar-refractivity contribution in [3.8, 4) is 0 Å². The molecule has 2 amide bonds. The fourth-order valence-electron chi connectivity index (χ4n) is 1.97. The van der Waals surface area contributed by atoms with E-state index in [1.54, 1.807) is 11.8 Å². The minimum absolute atomic E-state index is 0.198. The monoisotopic (exact) mass is 330 g/mol. The Morgan fingerprint density at radius 2 is 1.78 bits per heavy atom. The van der Waals surface area contributed by atoms with Gasteiger partial charge < -0.3 is 15.5 Å². The summed E-state index contributed by atoms with van der Waals surface area (Å²) in [5.41, 5.74) is 1.90. The van der Waals surface area contributed by atoms with Crippen LogP contribution in [0.2, 0.25) is 0 Å². The maximum absolute atomic E-state index is 11.9. The lowest BCUT2D eigenvalue weighted by molar-refractivity contribution is 0.240. The van der Waals surface area contributed by atoms with E-state index in [-0.39, 0.29) is 6.03 Å². The average Bonchev–Trinajstić information content (AvgIpc) is 2.58. The van der Waals surface area contributed by atoms with Gasteiger partial charge in [-0.2, -0.15) is 0 Å². The molecule has 1 aromatic carbocycles. The second-order valence-electron chi connectivity index (χ2n) is 5.27. The molecule has 0 fully saturated rings. The molecular formula is C17H22N4OS. The van der Waals surface area contributed by atoms with Gasteiger partial charge in [0, 0.05) is 25.5 Å². The van der Waals surface area contributed by atoms with Gasteiger partial charge in [0.1, 0.15) is 5.82 Å². The van der Waals surface area contributed by atoms with Crippen LogP contribution in [-0.4, -0.2) is 31.4 Å². The zero-order chi connectivity index (χ0) is 16.7. The third kappa shape index (κ3) is 5.49. The summed E-state index contributed by atoms with van der Waals surface area (Å²) >= 11 is 1.70. The smallest absolute Gasteiger partial charge is 0.315 e. The molecule has 0 atom stereocenters. The number of urea groups is 1. The third-order valence-electron chi connectivity index (χ3n) is 3.29. The number of hydrogen-bond donors (Lipinski definition) is 2. The number of nitrogens with zero attached hydrogens (tertiary/aromatic N) is 2. The van der Waals surface area contributed by atoms with Crippen LogP contribution in [0, 0.1) is 0 Å². The Hall–Kier alpha value is -2.21. The normalized spacial score (nSPS) is 10.2. The molecule has 0 spiro atoms. The Kier molecular flexibility index (Phi) is 6.29. The van der Waals surface area contributed by atoms with Crippen molar-refractivity contribution < 1.29 is 4.79 Å². The molecule has 0 aliphatic rings. The van der Waals surface area contributed by atoms with E-state index in [4.69, 9.17) is 0 Å². The first-order valence-electron chi connectivity index (χ1n) is 7.36. The van der Waals surface area contributed by atoms with E-state index in [1.165, 1.54) is 4.90 Å². The molecule has 2 rings (SSSR count). The van der Waals surface area contributed by atoms with Crippen molar-refractivity contribution in [2.45, 2.75) is 18.0 Å². The van der Waals surface area contributed by atoms with E-state index in [0.717, 1.165) is 17.1 Å². The van der Waals surface area contributed by atoms with E-state index in [1.807, 2.05) is 55.6 Å². The standard InChI is InChI=1S/C17H22N4OS/c1-21(2)16-6-4-5-14(20-16)12-19-17(22)18-11-13-7-9-15(23-3)10-8-13/h4-10H,11-12H2,1-3H3,(H2,18,19,22). The Balaban J connectivity index is 1.79. The van der Waals surface area contributed by atoms with Gasteiger partial charge in [0.15, 0.2) is 0 Å². The Morgan fingerprint density at radius 1 is 1.09 bits per heavy atom. The molecule has 1 aromatic heterocycles. The van der Waals surface area contributed by atoms with E-state index >= 15 is 0 Å². The summed E-state index contributed by atoms with van der Waals surface area (Å²) in [6.07, 6.45) is 2.04.